The summed E-state index contributed by atoms with van der Waals surface area (Å²) in [5.74, 6) is 2.21. The Morgan fingerprint density at radius 1 is 0.938 bits per heavy atom. The molecular formula is C15H26S. The van der Waals surface area contributed by atoms with Gasteiger partial charge in [0.15, 0.2) is 0 Å². The molecule has 0 aliphatic carbocycles. The minimum atomic E-state index is 0.678. The highest BCUT2D eigenvalue weighted by Crippen LogP contribution is 2.31. The molecule has 1 aromatic rings. The monoisotopic (exact) mass is 238 g/mol. The molecule has 1 heteroatoms. The van der Waals surface area contributed by atoms with Gasteiger partial charge in [0.05, 0.1) is 0 Å². The zero-order chi connectivity index (χ0) is 12.3. The Labute approximate surface area is 105 Å². The predicted molar refractivity (Wildman–Crippen MR) is 75.5 cm³/mol. The molecule has 0 aliphatic rings. The molecular weight excluding hydrogens is 212 g/mol. The molecule has 0 saturated carbocycles. The Morgan fingerprint density at radius 2 is 1.50 bits per heavy atom. The molecule has 0 bridgehead atoms. The lowest BCUT2D eigenvalue weighted by molar-refractivity contribution is 0.622. The van der Waals surface area contributed by atoms with Gasteiger partial charge in [-0.2, -0.15) is 0 Å². The molecule has 0 unspecified atom stereocenters. The lowest BCUT2D eigenvalue weighted by atomic mass is 9.98. The highest BCUT2D eigenvalue weighted by Gasteiger charge is 2.13. The second kappa shape index (κ2) is 5.86. The molecule has 0 spiro atoms. The second-order valence-electron chi connectivity index (χ2n) is 5.95. The van der Waals surface area contributed by atoms with Gasteiger partial charge in [-0.15, -0.1) is 11.3 Å². The first-order valence-electron chi connectivity index (χ1n) is 6.51. The van der Waals surface area contributed by atoms with Crippen LogP contribution in [-0.4, -0.2) is 0 Å². The van der Waals surface area contributed by atoms with Crippen molar-refractivity contribution in [2.24, 2.45) is 11.8 Å². The number of hydrogen-bond acceptors (Lipinski definition) is 1. The summed E-state index contributed by atoms with van der Waals surface area (Å²) >= 11 is 2.04. The molecule has 0 atom stereocenters. The Morgan fingerprint density at radius 3 is 1.94 bits per heavy atom. The van der Waals surface area contributed by atoms with Crippen LogP contribution in [0.5, 0.6) is 0 Å². The van der Waals surface area contributed by atoms with Crippen LogP contribution in [0, 0.1) is 11.8 Å². The summed E-state index contributed by atoms with van der Waals surface area (Å²) in [4.78, 5) is 3.19. The molecule has 16 heavy (non-hydrogen) atoms. The van der Waals surface area contributed by atoms with Gasteiger partial charge >= 0.3 is 0 Å². The molecule has 0 aliphatic heterocycles. The van der Waals surface area contributed by atoms with Crippen LogP contribution in [0.15, 0.2) is 6.07 Å². The van der Waals surface area contributed by atoms with Gasteiger partial charge in [-0.1, -0.05) is 41.5 Å². The molecule has 0 fully saturated rings. The molecule has 0 amide bonds. The third kappa shape index (κ3) is 3.93. The van der Waals surface area contributed by atoms with Crippen molar-refractivity contribution in [1.29, 1.82) is 0 Å². The Bertz CT molecular complexity index is 291. The number of thiophene rings is 1. The van der Waals surface area contributed by atoms with E-state index in [1.165, 1.54) is 12.8 Å². The van der Waals surface area contributed by atoms with E-state index in [4.69, 9.17) is 0 Å². The van der Waals surface area contributed by atoms with Crippen molar-refractivity contribution >= 4 is 11.3 Å². The molecule has 0 aromatic carbocycles. The van der Waals surface area contributed by atoms with E-state index in [9.17, 15) is 0 Å². The van der Waals surface area contributed by atoms with Gasteiger partial charge in [0.1, 0.15) is 0 Å². The highest BCUT2D eigenvalue weighted by molar-refractivity contribution is 7.12. The molecule has 0 N–H and O–H groups in total. The molecule has 1 aromatic heterocycles. The van der Waals surface area contributed by atoms with Gasteiger partial charge in [0.2, 0.25) is 0 Å². The third-order valence-electron chi connectivity index (χ3n) is 2.71. The van der Waals surface area contributed by atoms with Gasteiger partial charge in [0, 0.05) is 9.75 Å². The smallest absolute Gasteiger partial charge is 0.00829 e. The van der Waals surface area contributed by atoms with Gasteiger partial charge in [-0.3, -0.25) is 0 Å². The Kier molecular flexibility index (Phi) is 5.04. The van der Waals surface area contributed by atoms with Crippen LogP contribution in [0.25, 0.3) is 0 Å². The van der Waals surface area contributed by atoms with Crippen LogP contribution in [0.3, 0.4) is 0 Å². The van der Waals surface area contributed by atoms with Crippen molar-refractivity contribution in [3.05, 3.63) is 21.4 Å². The minimum absolute atomic E-state index is 0.678. The summed E-state index contributed by atoms with van der Waals surface area (Å²) in [5.41, 5.74) is 1.61. The van der Waals surface area contributed by atoms with Gasteiger partial charge in [0.25, 0.3) is 0 Å². The molecule has 0 saturated heterocycles. The fraction of sp³-hybridized carbons (Fsp3) is 0.733. The summed E-state index contributed by atoms with van der Waals surface area (Å²) in [5, 5.41) is 0. The first kappa shape index (κ1) is 13.8. The summed E-state index contributed by atoms with van der Waals surface area (Å²) < 4.78 is 0. The molecule has 92 valence electrons. The van der Waals surface area contributed by atoms with Crippen molar-refractivity contribution < 1.29 is 0 Å². The maximum Gasteiger partial charge on any atom is 0.00829 e. The summed E-state index contributed by atoms with van der Waals surface area (Å²) in [6.45, 7) is 13.8. The second-order valence-corrected chi connectivity index (χ2v) is 7.12. The van der Waals surface area contributed by atoms with E-state index in [1.807, 2.05) is 11.3 Å². The number of hydrogen-bond donors (Lipinski definition) is 0. The summed E-state index contributed by atoms with van der Waals surface area (Å²) in [7, 11) is 0. The van der Waals surface area contributed by atoms with Crippen LogP contribution in [0.1, 0.15) is 62.8 Å². The predicted octanol–water partition coefficient (Wildman–Crippen LogP) is 5.27. The zero-order valence-corrected chi connectivity index (χ0v) is 12.4. The Hall–Kier alpha value is -0.300. The van der Waals surface area contributed by atoms with E-state index >= 15 is 0 Å². The third-order valence-corrected chi connectivity index (χ3v) is 4.21. The van der Waals surface area contributed by atoms with Gasteiger partial charge in [-0.25, -0.2) is 0 Å². The topological polar surface area (TPSA) is 0 Å². The molecule has 1 rings (SSSR count). The van der Waals surface area contributed by atoms with Crippen LogP contribution in [0.2, 0.25) is 0 Å². The van der Waals surface area contributed by atoms with E-state index in [0.717, 1.165) is 11.8 Å². The maximum atomic E-state index is 2.45. The van der Waals surface area contributed by atoms with Crippen molar-refractivity contribution in [3.8, 4) is 0 Å². The average Bonchev–Trinajstić information content (AvgIpc) is 2.46. The molecule has 0 radical (unpaired) electrons. The maximum absolute atomic E-state index is 2.45. The van der Waals surface area contributed by atoms with Crippen LogP contribution >= 0.6 is 11.3 Å². The van der Waals surface area contributed by atoms with E-state index in [-0.39, 0.29) is 0 Å². The van der Waals surface area contributed by atoms with Crippen molar-refractivity contribution in [2.75, 3.05) is 0 Å². The largest absolute Gasteiger partial charge is 0.145 e. The Balaban J connectivity index is 2.92. The standard InChI is InChI=1S/C15H26S/c1-10(2)7-13-9-14(12(5)6)16-15(13)8-11(3)4/h9-12H,7-8H2,1-6H3. The fourth-order valence-corrected chi connectivity index (χ4v) is 3.34. The van der Waals surface area contributed by atoms with Gasteiger partial charge < -0.3 is 0 Å². The molecule has 0 nitrogen and oxygen atoms in total. The van der Waals surface area contributed by atoms with E-state index < -0.39 is 0 Å². The van der Waals surface area contributed by atoms with Crippen LogP contribution < -0.4 is 0 Å². The van der Waals surface area contributed by atoms with E-state index in [2.05, 4.69) is 47.6 Å². The fourth-order valence-electron chi connectivity index (χ4n) is 1.93. The lowest BCUT2D eigenvalue weighted by Gasteiger charge is -2.08. The van der Waals surface area contributed by atoms with E-state index in [0.29, 0.717) is 5.92 Å². The average molecular weight is 238 g/mol. The lowest BCUT2D eigenvalue weighted by Crippen LogP contribution is -1.99. The summed E-state index contributed by atoms with van der Waals surface area (Å²) in [6, 6.07) is 2.45. The summed E-state index contributed by atoms with van der Waals surface area (Å²) in [6.07, 6.45) is 2.49. The van der Waals surface area contributed by atoms with Crippen molar-refractivity contribution in [3.63, 3.8) is 0 Å². The normalized spacial score (nSPS) is 12.1. The van der Waals surface area contributed by atoms with Crippen LogP contribution in [-0.2, 0) is 12.8 Å². The first-order valence-corrected chi connectivity index (χ1v) is 7.33. The van der Waals surface area contributed by atoms with Crippen molar-refractivity contribution in [1.82, 2.24) is 0 Å². The quantitative estimate of drug-likeness (QED) is 0.655. The molecule has 1 heterocycles. The first-order chi connectivity index (χ1) is 7.40. The van der Waals surface area contributed by atoms with Gasteiger partial charge in [-0.05, 0) is 42.2 Å². The zero-order valence-electron chi connectivity index (χ0n) is 11.6. The highest BCUT2D eigenvalue weighted by atomic mass is 32.1. The van der Waals surface area contributed by atoms with Crippen molar-refractivity contribution in [2.45, 2.75) is 60.3 Å². The minimum Gasteiger partial charge on any atom is -0.145 e. The number of rotatable bonds is 5. The van der Waals surface area contributed by atoms with Crippen LogP contribution in [0.4, 0.5) is 0 Å². The SMILES string of the molecule is CC(C)Cc1cc(C(C)C)sc1CC(C)C. The van der Waals surface area contributed by atoms with E-state index in [1.54, 1.807) is 15.3 Å².